The van der Waals surface area contributed by atoms with E-state index in [2.05, 4.69) is 57.4 Å². The van der Waals surface area contributed by atoms with Crippen LogP contribution >= 0.6 is 34.9 Å². The fourth-order valence-corrected chi connectivity index (χ4v) is 4.05. The molecule has 0 atom stereocenters. The maximum absolute atomic E-state index is 5.67. The van der Waals surface area contributed by atoms with E-state index in [1.807, 2.05) is 12.1 Å². The molecule has 0 aliphatic heterocycles. The number of methoxy groups -OCH3 is 1. The highest BCUT2D eigenvalue weighted by Gasteiger charge is 2.12. The van der Waals surface area contributed by atoms with Crippen molar-refractivity contribution in [2.75, 3.05) is 7.11 Å². The van der Waals surface area contributed by atoms with Crippen LogP contribution in [0.1, 0.15) is 15.3 Å². The van der Waals surface area contributed by atoms with Gasteiger partial charge in [-0.2, -0.15) is 0 Å². The number of hydrogen-bond acceptors (Lipinski definition) is 4. The van der Waals surface area contributed by atoms with E-state index in [1.165, 1.54) is 15.3 Å². The van der Waals surface area contributed by atoms with Crippen molar-refractivity contribution in [3.05, 3.63) is 74.6 Å². The van der Waals surface area contributed by atoms with Crippen LogP contribution in [-0.2, 0) is 19.6 Å². The Labute approximate surface area is 161 Å². The summed E-state index contributed by atoms with van der Waals surface area (Å²) in [7, 11) is 1.68. The Bertz CT molecular complexity index is 731. The first-order valence-corrected chi connectivity index (χ1v) is 10.1. The number of nitrogens with one attached hydrogen (secondary N) is 1. The number of hydrogen-bond donors (Lipinski definition) is 1. The number of benzene rings is 1. The van der Waals surface area contributed by atoms with Gasteiger partial charge in [0.25, 0.3) is 0 Å². The minimum absolute atomic E-state index is 0.703. The van der Waals surface area contributed by atoms with E-state index in [0.717, 1.165) is 24.0 Å². The van der Waals surface area contributed by atoms with E-state index >= 15 is 0 Å². The largest absolute Gasteiger partial charge is 0.497 e. The monoisotopic (exact) mass is 388 g/mol. The van der Waals surface area contributed by atoms with Gasteiger partial charge in [0.05, 0.1) is 20.2 Å². The van der Waals surface area contributed by atoms with Crippen molar-refractivity contribution < 1.29 is 4.74 Å². The fourth-order valence-electron chi connectivity index (χ4n) is 2.41. The maximum Gasteiger partial charge on any atom is 0.169 e. The van der Waals surface area contributed by atoms with Crippen molar-refractivity contribution in [3.8, 4) is 5.75 Å². The third-order valence-electron chi connectivity index (χ3n) is 3.74. The molecule has 25 heavy (non-hydrogen) atoms. The Morgan fingerprint density at radius 3 is 2.08 bits per heavy atom. The molecule has 1 N–H and O–H groups in total. The smallest absolute Gasteiger partial charge is 0.169 e. The second-order valence-electron chi connectivity index (χ2n) is 5.52. The summed E-state index contributed by atoms with van der Waals surface area (Å²) in [6.45, 7) is 2.35. The molecule has 3 aromatic rings. The molecule has 0 saturated heterocycles. The summed E-state index contributed by atoms with van der Waals surface area (Å²) >= 11 is 9.19. The summed E-state index contributed by atoms with van der Waals surface area (Å²) in [5.41, 5.74) is 1.18. The molecule has 0 aliphatic rings. The van der Waals surface area contributed by atoms with Crippen LogP contribution in [0.2, 0.25) is 0 Å². The molecule has 2 aromatic heterocycles. The topological polar surface area (TPSA) is 24.5 Å². The number of thiocarbonyl (C=S) groups is 1. The molecule has 3 rings (SSSR count). The molecule has 0 fully saturated rings. The standard InChI is InChI=1S/C19H20N2OS3/c1-22-16-8-6-15(7-9-16)12-20-19(23)21(13-17-4-2-10-24-17)14-18-5-3-11-25-18/h2-11H,12-14H2,1H3,(H,20,23). The van der Waals surface area contributed by atoms with Crippen LogP contribution in [0, 0.1) is 0 Å². The van der Waals surface area contributed by atoms with Gasteiger partial charge in [-0.15, -0.1) is 22.7 Å². The van der Waals surface area contributed by atoms with Crippen molar-refractivity contribution in [2.45, 2.75) is 19.6 Å². The molecular weight excluding hydrogens is 368 g/mol. The molecule has 0 amide bonds. The quantitative estimate of drug-likeness (QED) is 0.582. The Hall–Kier alpha value is -1.89. The molecule has 3 nitrogen and oxygen atoms in total. The lowest BCUT2D eigenvalue weighted by molar-refractivity contribution is 0.405. The van der Waals surface area contributed by atoms with Crippen LogP contribution < -0.4 is 10.1 Å². The van der Waals surface area contributed by atoms with Gasteiger partial charge in [0, 0.05) is 16.3 Å². The van der Waals surface area contributed by atoms with Crippen LogP contribution in [0.3, 0.4) is 0 Å². The molecule has 0 aliphatic carbocycles. The number of ether oxygens (including phenoxy) is 1. The molecule has 0 saturated carbocycles. The molecule has 6 heteroatoms. The Balaban J connectivity index is 1.62. The van der Waals surface area contributed by atoms with E-state index < -0.39 is 0 Å². The van der Waals surface area contributed by atoms with Crippen molar-refractivity contribution in [1.82, 2.24) is 10.2 Å². The summed E-state index contributed by atoms with van der Waals surface area (Å²) in [5, 5.41) is 8.37. The third-order valence-corrected chi connectivity index (χ3v) is 5.87. The summed E-state index contributed by atoms with van der Waals surface area (Å²) in [5.74, 6) is 0.864. The first-order chi connectivity index (χ1) is 12.2. The zero-order valence-electron chi connectivity index (χ0n) is 14.0. The molecule has 0 bridgehead atoms. The van der Waals surface area contributed by atoms with Gasteiger partial charge < -0.3 is 15.0 Å². The molecular formula is C19H20N2OS3. The van der Waals surface area contributed by atoms with Crippen LogP contribution in [0.5, 0.6) is 5.75 Å². The van der Waals surface area contributed by atoms with Gasteiger partial charge in [-0.05, 0) is 52.8 Å². The highest BCUT2D eigenvalue weighted by Crippen LogP contribution is 2.18. The van der Waals surface area contributed by atoms with E-state index in [0.29, 0.717) is 6.54 Å². The number of nitrogens with zero attached hydrogens (tertiary/aromatic N) is 1. The first kappa shape index (κ1) is 17.9. The maximum atomic E-state index is 5.67. The van der Waals surface area contributed by atoms with Crippen LogP contribution in [0.15, 0.2) is 59.3 Å². The molecule has 1 aromatic carbocycles. The third kappa shape index (κ3) is 5.29. The van der Waals surface area contributed by atoms with E-state index in [4.69, 9.17) is 17.0 Å². The average molecular weight is 389 g/mol. The average Bonchev–Trinajstić information content (AvgIpc) is 3.33. The summed E-state index contributed by atoms with van der Waals surface area (Å²) in [6, 6.07) is 16.5. The van der Waals surface area contributed by atoms with Gasteiger partial charge in [-0.1, -0.05) is 24.3 Å². The minimum atomic E-state index is 0.703. The van der Waals surface area contributed by atoms with Gasteiger partial charge in [0.15, 0.2) is 5.11 Å². The first-order valence-electron chi connectivity index (χ1n) is 7.95. The van der Waals surface area contributed by atoms with Gasteiger partial charge >= 0.3 is 0 Å². The second kappa shape index (κ2) is 8.99. The summed E-state index contributed by atoms with van der Waals surface area (Å²) in [4.78, 5) is 4.84. The number of rotatable bonds is 7. The fraction of sp³-hybridized carbons (Fsp3) is 0.211. The Morgan fingerprint density at radius 1 is 1.00 bits per heavy atom. The Morgan fingerprint density at radius 2 is 1.60 bits per heavy atom. The lowest BCUT2D eigenvalue weighted by atomic mass is 10.2. The zero-order chi connectivity index (χ0) is 17.5. The normalized spacial score (nSPS) is 10.4. The summed E-state index contributed by atoms with van der Waals surface area (Å²) < 4.78 is 5.20. The SMILES string of the molecule is COc1ccc(CNC(=S)N(Cc2cccs2)Cc2cccs2)cc1. The minimum Gasteiger partial charge on any atom is -0.497 e. The van der Waals surface area contributed by atoms with Crippen LogP contribution in [-0.4, -0.2) is 17.1 Å². The second-order valence-corrected chi connectivity index (χ2v) is 7.97. The highest BCUT2D eigenvalue weighted by atomic mass is 32.1. The molecule has 130 valence electrons. The van der Waals surface area contributed by atoms with Crippen molar-refractivity contribution in [2.24, 2.45) is 0 Å². The van der Waals surface area contributed by atoms with E-state index in [9.17, 15) is 0 Å². The van der Waals surface area contributed by atoms with Gasteiger partial charge in [-0.3, -0.25) is 0 Å². The highest BCUT2D eigenvalue weighted by molar-refractivity contribution is 7.80. The van der Waals surface area contributed by atoms with Crippen LogP contribution in [0.25, 0.3) is 0 Å². The molecule has 2 heterocycles. The van der Waals surface area contributed by atoms with E-state index in [-0.39, 0.29) is 0 Å². The predicted octanol–water partition coefficient (Wildman–Crippen LogP) is 4.90. The lowest BCUT2D eigenvalue weighted by Crippen LogP contribution is -2.38. The van der Waals surface area contributed by atoms with Crippen molar-refractivity contribution in [1.29, 1.82) is 0 Å². The molecule has 0 unspecified atom stereocenters. The predicted molar refractivity (Wildman–Crippen MR) is 110 cm³/mol. The molecule has 0 spiro atoms. The van der Waals surface area contributed by atoms with Crippen LogP contribution in [0.4, 0.5) is 0 Å². The van der Waals surface area contributed by atoms with Gasteiger partial charge in [0.1, 0.15) is 5.75 Å². The molecule has 0 radical (unpaired) electrons. The lowest BCUT2D eigenvalue weighted by Gasteiger charge is -2.25. The number of thiophene rings is 2. The van der Waals surface area contributed by atoms with E-state index in [1.54, 1.807) is 29.8 Å². The van der Waals surface area contributed by atoms with Crippen molar-refractivity contribution in [3.63, 3.8) is 0 Å². The summed E-state index contributed by atoms with van der Waals surface area (Å²) in [6.07, 6.45) is 0. The Kier molecular flexibility index (Phi) is 6.44. The van der Waals surface area contributed by atoms with Gasteiger partial charge in [0.2, 0.25) is 0 Å². The van der Waals surface area contributed by atoms with Crippen molar-refractivity contribution >= 4 is 40.0 Å². The van der Waals surface area contributed by atoms with Gasteiger partial charge in [-0.25, -0.2) is 0 Å². The zero-order valence-corrected chi connectivity index (χ0v) is 16.4.